The van der Waals surface area contributed by atoms with E-state index in [1.807, 2.05) is 32.0 Å². The first-order valence-electron chi connectivity index (χ1n) is 14.2. The fourth-order valence-electron chi connectivity index (χ4n) is 6.27. The van der Waals surface area contributed by atoms with E-state index in [4.69, 9.17) is 9.47 Å². The Balaban J connectivity index is 1.41. The summed E-state index contributed by atoms with van der Waals surface area (Å²) in [6.45, 7) is 9.39. The van der Waals surface area contributed by atoms with E-state index >= 15 is 0 Å². The van der Waals surface area contributed by atoms with Crippen molar-refractivity contribution in [1.82, 2.24) is 5.32 Å². The normalized spacial score (nSPS) is 22.5. The van der Waals surface area contributed by atoms with E-state index in [-0.39, 0.29) is 12.3 Å². The van der Waals surface area contributed by atoms with Crippen molar-refractivity contribution >= 4 is 35.1 Å². The van der Waals surface area contributed by atoms with E-state index < -0.39 is 41.2 Å². The zero-order valence-corrected chi connectivity index (χ0v) is 24.7. The third-order valence-corrected chi connectivity index (χ3v) is 8.04. The van der Waals surface area contributed by atoms with Gasteiger partial charge in [-0.25, -0.2) is 4.79 Å². The largest absolute Gasteiger partial charge is 0.468 e. The lowest BCUT2D eigenvalue weighted by Gasteiger charge is -2.38. The Kier molecular flexibility index (Phi) is 6.64. The maximum atomic E-state index is 14.8. The molecule has 9 nitrogen and oxygen atoms in total. The van der Waals surface area contributed by atoms with E-state index in [1.165, 1.54) is 11.0 Å². The van der Waals surface area contributed by atoms with Gasteiger partial charge in [0.25, 0.3) is 11.8 Å². The Labute approximate surface area is 250 Å². The number of ketones is 1. The number of amides is 3. The molecule has 0 radical (unpaired) electrons. The van der Waals surface area contributed by atoms with Crippen molar-refractivity contribution in [2.75, 3.05) is 9.80 Å². The van der Waals surface area contributed by atoms with Gasteiger partial charge in [-0.2, -0.15) is 0 Å². The number of hydrogen-bond acceptors (Lipinski definition) is 6. The average molecular weight is 580 g/mol. The average Bonchev–Trinajstić information content (AvgIpc) is 3.41. The molecule has 3 unspecified atom stereocenters. The lowest BCUT2D eigenvalue weighted by Crippen LogP contribution is -2.58. The fourth-order valence-corrected chi connectivity index (χ4v) is 6.27. The Morgan fingerprint density at radius 3 is 2.30 bits per heavy atom. The summed E-state index contributed by atoms with van der Waals surface area (Å²) in [6, 6.07) is 19.6. The van der Waals surface area contributed by atoms with E-state index in [1.54, 1.807) is 80.3 Å². The van der Waals surface area contributed by atoms with Crippen molar-refractivity contribution in [1.29, 1.82) is 0 Å². The second-order valence-corrected chi connectivity index (χ2v) is 12.1. The number of Topliss-reactive ketones (excluding diaryl/α,β-unsaturated/α-hetero) is 1. The van der Waals surface area contributed by atoms with Crippen molar-refractivity contribution in [2.24, 2.45) is 5.92 Å². The van der Waals surface area contributed by atoms with E-state index in [0.29, 0.717) is 22.7 Å². The number of carbonyl (C=O) groups excluding carboxylic acids is 4. The Bertz CT molecular complexity index is 1670. The molecule has 3 aromatic carbocycles. The van der Waals surface area contributed by atoms with Crippen LogP contribution < -0.4 is 19.9 Å². The zero-order chi connectivity index (χ0) is 30.7. The maximum absolute atomic E-state index is 14.8. The number of aryl methyl sites for hydroxylation is 2. The van der Waals surface area contributed by atoms with Gasteiger partial charge in [0.1, 0.15) is 17.3 Å². The van der Waals surface area contributed by atoms with E-state index in [2.05, 4.69) is 5.32 Å². The van der Waals surface area contributed by atoms with Crippen LogP contribution in [-0.2, 0) is 20.9 Å². The highest BCUT2D eigenvalue weighted by Gasteiger charge is 2.69. The number of rotatable bonds is 4. The Morgan fingerprint density at radius 2 is 1.63 bits per heavy atom. The molecule has 6 rings (SSSR count). The maximum Gasteiger partial charge on any atom is 0.407 e. The Hall–Kier alpha value is -4.92. The van der Waals surface area contributed by atoms with Gasteiger partial charge in [-0.1, -0.05) is 42.5 Å². The smallest absolute Gasteiger partial charge is 0.407 e. The molecule has 3 aliphatic rings. The van der Waals surface area contributed by atoms with Crippen molar-refractivity contribution in [3.63, 3.8) is 0 Å². The minimum Gasteiger partial charge on any atom is -0.468 e. The number of nitrogens with one attached hydrogen (secondary N) is 1. The van der Waals surface area contributed by atoms with Crippen molar-refractivity contribution in [3.05, 3.63) is 101 Å². The van der Waals surface area contributed by atoms with Crippen LogP contribution in [-0.4, -0.2) is 41.1 Å². The second kappa shape index (κ2) is 10.1. The Morgan fingerprint density at radius 1 is 0.953 bits per heavy atom. The van der Waals surface area contributed by atoms with Gasteiger partial charge in [0.15, 0.2) is 17.6 Å². The number of nitrogens with zero attached hydrogens (tertiary/aromatic N) is 2. The SMILES string of the molecule is Cc1cccc(C)c1N1C(=O)C2(C=CC(=O)N2c2ccc(CNC(=O)OC(C)(C)C)cc2)C2C(=O)c3ccccc3OC21. The van der Waals surface area contributed by atoms with Crippen LogP contribution in [0.25, 0.3) is 0 Å². The predicted octanol–water partition coefficient (Wildman–Crippen LogP) is 5.23. The number of benzene rings is 3. The van der Waals surface area contributed by atoms with Gasteiger partial charge >= 0.3 is 6.09 Å². The summed E-state index contributed by atoms with van der Waals surface area (Å²) in [4.78, 5) is 57.7. The zero-order valence-electron chi connectivity index (χ0n) is 24.7. The monoisotopic (exact) mass is 579 g/mol. The van der Waals surface area contributed by atoms with Gasteiger partial charge in [0.2, 0.25) is 0 Å². The molecule has 0 aromatic heterocycles. The lowest BCUT2D eigenvalue weighted by molar-refractivity contribution is -0.123. The summed E-state index contributed by atoms with van der Waals surface area (Å²) in [5, 5.41) is 2.72. The topological polar surface area (TPSA) is 105 Å². The molecule has 3 aliphatic heterocycles. The number of alkyl carbamates (subject to hydrolysis) is 1. The number of hydrogen-bond donors (Lipinski definition) is 1. The van der Waals surface area contributed by atoms with Crippen LogP contribution in [0.5, 0.6) is 5.75 Å². The number of ether oxygens (including phenoxy) is 2. The summed E-state index contributed by atoms with van der Waals surface area (Å²) in [5.74, 6) is -1.72. The van der Waals surface area contributed by atoms with Gasteiger partial charge in [-0.3, -0.25) is 24.2 Å². The van der Waals surface area contributed by atoms with Gasteiger partial charge in [-0.05, 0) is 81.7 Å². The molecular formula is C34H33N3O6. The highest BCUT2D eigenvalue weighted by atomic mass is 16.6. The first-order chi connectivity index (χ1) is 20.4. The number of anilines is 2. The highest BCUT2D eigenvalue weighted by Crippen LogP contribution is 2.52. The minimum absolute atomic E-state index is 0.208. The van der Waals surface area contributed by atoms with Gasteiger partial charge in [0, 0.05) is 18.3 Å². The minimum atomic E-state index is -1.64. The third-order valence-electron chi connectivity index (χ3n) is 8.04. The first-order valence-corrected chi connectivity index (χ1v) is 14.2. The molecule has 1 N–H and O–H groups in total. The predicted molar refractivity (Wildman–Crippen MR) is 161 cm³/mol. The lowest BCUT2D eigenvalue weighted by atomic mass is 9.78. The van der Waals surface area contributed by atoms with Crippen LogP contribution in [0.15, 0.2) is 78.9 Å². The molecule has 3 amide bonds. The molecule has 1 fully saturated rings. The molecule has 9 heteroatoms. The molecule has 1 spiro atoms. The van der Waals surface area contributed by atoms with Crippen molar-refractivity contribution in [2.45, 2.75) is 58.5 Å². The molecule has 43 heavy (non-hydrogen) atoms. The molecule has 3 aromatic rings. The molecule has 220 valence electrons. The molecule has 0 bridgehead atoms. The van der Waals surface area contributed by atoms with E-state index in [9.17, 15) is 19.2 Å². The number of carbonyl (C=O) groups is 4. The van der Waals surface area contributed by atoms with Crippen LogP contribution in [0, 0.1) is 19.8 Å². The van der Waals surface area contributed by atoms with Crippen LogP contribution in [0.1, 0.15) is 47.8 Å². The first kappa shape index (κ1) is 28.2. The standard InChI is InChI=1S/C34H33N3O6/c1-20-9-8-10-21(2)28(20)36-30-27(29(39)24-11-6-7-12-25(24)42-30)34(31(36)40)18-17-26(38)37(34)23-15-13-22(14-16-23)19-35-32(41)43-33(3,4)5/h6-18,27,30H,19H2,1-5H3,(H,35,41). The molecular weight excluding hydrogens is 546 g/mol. The van der Waals surface area contributed by atoms with Crippen LogP contribution in [0.3, 0.4) is 0 Å². The van der Waals surface area contributed by atoms with Gasteiger partial charge in [0.05, 0.1) is 11.3 Å². The van der Waals surface area contributed by atoms with Crippen LogP contribution >= 0.6 is 0 Å². The summed E-state index contributed by atoms with van der Waals surface area (Å²) in [7, 11) is 0. The fraction of sp³-hybridized carbons (Fsp3) is 0.294. The van der Waals surface area contributed by atoms with Crippen LogP contribution in [0.2, 0.25) is 0 Å². The molecule has 3 atom stereocenters. The molecule has 1 saturated heterocycles. The van der Waals surface area contributed by atoms with Gasteiger partial charge < -0.3 is 14.8 Å². The van der Waals surface area contributed by atoms with Crippen molar-refractivity contribution in [3.8, 4) is 5.75 Å². The third kappa shape index (κ3) is 4.56. The summed E-state index contributed by atoms with van der Waals surface area (Å²) in [5.41, 5.74) is 1.67. The summed E-state index contributed by atoms with van der Waals surface area (Å²) >= 11 is 0. The van der Waals surface area contributed by atoms with Crippen LogP contribution in [0.4, 0.5) is 16.2 Å². The quantitative estimate of drug-likeness (QED) is 0.454. The second-order valence-electron chi connectivity index (χ2n) is 12.1. The van der Waals surface area contributed by atoms with Gasteiger partial charge in [-0.15, -0.1) is 0 Å². The molecule has 3 heterocycles. The summed E-state index contributed by atoms with van der Waals surface area (Å²) < 4.78 is 11.8. The number of fused-ring (bicyclic) bond motifs is 3. The molecule has 0 aliphatic carbocycles. The number of para-hydroxylation sites is 2. The van der Waals surface area contributed by atoms with Crippen molar-refractivity contribution < 1.29 is 28.7 Å². The summed E-state index contributed by atoms with van der Waals surface area (Å²) in [6.07, 6.45) is 1.40. The molecule has 0 saturated carbocycles. The van der Waals surface area contributed by atoms with E-state index in [0.717, 1.165) is 16.7 Å². The highest BCUT2D eigenvalue weighted by molar-refractivity contribution is 6.23.